The summed E-state index contributed by atoms with van der Waals surface area (Å²) in [4.78, 5) is 12.4. The summed E-state index contributed by atoms with van der Waals surface area (Å²) in [5.74, 6) is 0.717. The number of amides is 1. The Kier molecular flexibility index (Phi) is 4.79. The molecule has 3 rings (SSSR count). The zero-order valence-electron chi connectivity index (χ0n) is 13.1. The van der Waals surface area contributed by atoms with Crippen LogP contribution in [0.1, 0.15) is 50.5 Å². The molecule has 4 heteroatoms. The second-order valence-corrected chi connectivity index (χ2v) is 6.83. The topological polar surface area (TPSA) is 64.4 Å². The highest BCUT2D eigenvalue weighted by atomic mass is 16.5. The summed E-state index contributed by atoms with van der Waals surface area (Å²) in [5, 5.41) is 2.98. The maximum absolute atomic E-state index is 12.4. The molecule has 0 heterocycles. The SMILES string of the molecule is NC1(C(=O)Nc2cccc(COCC3CC3)c2)CCCCC1. The molecule has 0 atom stereocenters. The summed E-state index contributed by atoms with van der Waals surface area (Å²) in [5.41, 5.74) is 7.48. The van der Waals surface area contributed by atoms with Crippen molar-refractivity contribution in [2.45, 2.75) is 57.1 Å². The third-order valence-electron chi connectivity index (χ3n) is 4.70. The fraction of sp³-hybridized carbons (Fsp3) is 0.611. The lowest BCUT2D eigenvalue weighted by molar-refractivity contribution is -0.122. The van der Waals surface area contributed by atoms with Gasteiger partial charge >= 0.3 is 0 Å². The number of benzene rings is 1. The van der Waals surface area contributed by atoms with Crippen molar-refractivity contribution in [2.24, 2.45) is 11.7 Å². The Hall–Kier alpha value is -1.39. The molecule has 22 heavy (non-hydrogen) atoms. The van der Waals surface area contributed by atoms with Crippen LogP contribution in [0.2, 0.25) is 0 Å². The molecule has 4 nitrogen and oxygen atoms in total. The van der Waals surface area contributed by atoms with Crippen molar-refractivity contribution in [3.05, 3.63) is 29.8 Å². The van der Waals surface area contributed by atoms with Crippen LogP contribution >= 0.6 is 0 Å². The summed E-state index contributed by atoms with van der Waals surface area (Å²) in [6.07, 6.45) is 7.42. The normalized spacial score (nSPS) is 20.6. The fourth-order valence-electron chi connectivity index (χ4n) is 3.03. The van der Waals surface area contributed by atoms with E-state index in [0.29, 0.717) is 6.61 Å². The quantitative estimate of drug-likeness (QED) is 0.848. The predicted molar refractivity (Wildman–Crippen MR) is 87.5 cm³/mol. The summed E-state index contributed by atoms with van der Waals surface area (Å²) in [6, 6.07) is 7.88. The van der Waals surface area contributed by atoms with Crippen molar-refractivity contribution in [1.82, 2.24) is 0 Å². The van der Waals surface area contributed by atoms with E-state index < -0.39 is 5.54 Å². The van der Waals surface area contributed by atoms with Gasteiger partial charge in [-0.05, 0) is 49.3 Å². The van der Waals surface area contributed by atoms with Crippen molar-refractivity contribution in [1.29, 1.82) is 0 Å². The van der Waals surface area contributed by atoms with Crippen LogP contribution in [0.25, 0.3) is 0 Å². The number of nitrogens with one attached hydrogen (secondary N) is 1. The average molecular weight is 302 g/mol. The standard InChI is InChI=1S/C18H26N2O2/c19-18(9-2-1-3-10-18)17(21)20-16-6-4-5-15(11-16)13-22-12-14-7-8-14/h4-6,11,14H,1-3,7-10,12-13,19H2,(H,20,21). The van der Waals surface area contributed by atoms with Crippen LogP contribution in [0, 0.1) is 5.92 Å². The Morgan fingerprint density at radius 3 is 2.77 bits per heavy atom. The molecule has 0 unspecified atom stereocenters. The lowest BCUT2D eigenvalue weighted by atomic mass is 9.82. The fourth-order valence-corrected chi connectivity index (χ4v) is 3.03. The molecule has 1 amide bonds. The molecule has 1 aromatic rings. The average Bonchev–Trinajstić information content (AvgIpc) is 3.33. The van der Waals surface area contributed by atoms with Gasteiger partial charge in [0.15, 0.2) is 0 Å². The summed E-state index contributed by atoms with van der Waals surface area (Å²) < 4.78 is 5.70. The monoisotopic (exact) mass is 302 g/mol. The first-order valence-electron chi connectivity index (χ1n) is 8.43. The van der Waals surface area contributed by atoms with E-state index >= 15 is 0 Å². The van der Waals surface area contributed by atoms with E-state index in [2.05, 4.69) is 5.32 Å². The van der Waals surface area contributed by atoms with Crippen molar-refractivity contribution >= 4 is 11.6 Å². The van der Waals surface area contributed by atoms with Crippen LogP contribution in [0.15, 0.2) is 24.3 Å². The Morgan fingerprint density at radius 1 is 1.27 bits per heavy atom. The minimum atomic E-state index is -0.698. The Labute approximate surface area is 132 Å². The van der Waals surface area contributed by atoms with E-state index in [0.717, 1.165) is 49.5 Å². The van der Waals surface area contributed by atoms with Crippen LogP contribution < -0.4 is 11.1 Å². The molecular weight excluding hydrogens is 276 g/mol. The first kappa shape index (κ1) is 15.5. The van der Waals surface area contributed by atoms with Gasteiger partial charge in [0.05, 0.1) is 12.1 Å². The van der Waals surface area contributed by atoms with Crippen molar-refractivity contribution in [3.8, 4) is 0 Å². The molecule has 120 valence electrons. The van der Waals surface area contributed by atoms with Gasteiger partial charge in [0, 0.05) is 12.3 Å². The highest BCUT2D eigenvalue weighted by Crippen LogP contribution is 2.29. The summed E-state index contributed by atoms with van der Waals surface area (Å²) >= 11 is 0. The molecule has 0 radical (unpaired) electrons. The van der Waals surface area contributed by atoms with Gasteiger partial charge in [0.1, 0.15) is 0 Å². The molecule has 0 spiro atoms. The third-order valence-corrected chi connectivity index (χ3v) is 4.70. The number of nitrogens with two attached hydrogens (primary N) is 1. The first-order valence-corrected chi connectivity index (χ1v) is 8.43. The molecule has 2 aliphatic rings. The van der Waals surface area contributed by atoms with Gasteiger partial charge in [-0.25, -0.2) is 0 Å². The van der Waals surface area contributed by atoms with E-state index in [1.807, 2.05) is 24.3 Å². The van der Waals surface area contributed by atoms with E-state index in [-0.39, 0.29) is 5.91 Å². The molecule has 2 aliphatic carbocycles. The van der Waals surface area contributed by atoms with Gasteiger partial charge < -0.3 is 15.8 Å². The molecule has 3 N–H and O–H groups in total. The number of anilines is 1. The Morgan fingerprint density at radius 2 is 2.05 bits per heavy atom. The van der Waals surface area contributed by atoms with Gasteiger partial charge in [-0.3, -0.25) is 4.79 Å². The lowest BCUT2D eigenvalue weighted by Gasteiger charge is -2.31. The molecule has 0 bridgehead atoms. The van der Waals surface area contributed by atoms with Gasteiger partial charge in [-0.1, -0.05) is 31.4 Å². The van der Waals surface area contributed by atoms with Crippen molar-refractivity contribution in [2.75, 3.05) is 11.9 Å². The lowest BCUT2D eigenvalue weighted by Crippen LogP contribution is -2.52. The molecule has 0 aliphatic heterocycles. The molecule has 2 fully saturated rings. The number of carbonyl (C=O) groups is 1. The molecule has 2 saturated carbocycles. The number of ether oxygens (including phenoxy) is 1. The van der Waals surface area contributed by atoms with E-state index in [4.69, 9.17) is 10.5 Å². The smallest absolute Gasteiger partial charge is 0.244 e. The first-order chi connectivity index (χ1) is 10.7. The van der Waals surface area contributed by atoms with Gasteiger partial charge in [-0.15, -0.1) is 0 Å². The van der Waals surface area contributed by atoms with Crippen LogP contribution in [-0.4, -0.2) is 18.1 Å². The maximum atomic E-state index is 12.4. The second-order valence-electron chi connectivity index (χ2n) is 6.83. The van der Waals surface area contributed by atoms with Crippen LogP contribution in [0.4, 0.5) is 5.69 Å². The van der Waals surface area contributed by atoms with E-state index in [1.54, 1.807) is 0 Å². The van der Waals surface area contributed by atoms with Crippen LogP contribution in [0.3, 0.4) is 0 Å². The number of rotatable bonds is 6. The number of hydrogen-bond acceptors (Lipinski definition) is 3. The van der Waals surface area contributed by atoms with Crippen LogP contribution in [-0.2, 0) is 16.1 Å². The molecule has 0 saturated heterocycles. The van der Waals surface area contributed by atoms with E-state index in [9.17, 15) is 4.79 Å². The molecule has 0 aromatic heterocycles. The zero-order valence-corrected chi connectivity index (χ0v) is 13.1. The number of hydrogen-bond donors (Lipinski definition) is 2. The predicted octanol–water partition coefficient (Wildman–Crippen LogP) is 3.21. The Balaban J connectivity index is 1.55. The van der Waals surface area contributed by atoms with E-state index in [1.165, 1.54) is 19.3 Å². The highest BCUT2D eigenvalue weighted by molar-refractivity contribution is 5.98. The highest BCUT2D eigenvalue weighted by Gasteiger charge is 2.35. The third kappa shape index (κ3) is 4.08. The minimum absolute atomic E-state index is 0.0525. The summed E-state index contributed by atoms with van der Waals surface area (Å²) in [6.45, 7) is 1.45. The second kappa shape index (κ2) is 6.80. The van der Waals surface area contributed by atoms with Gasteiger partial charge in [-0.2, -0.15) is 0 Å². The minimum Gasteiger partial charge on any atom is -0.376 e. The van der Waals surface area contributed by atoms with Crippen molar-refractivity contribution < 1.29 is 9.53 Å². The number of carbonyl (C=O) groups excluding carboxylic acids is 1. The largest absolute Gasteiger partial charge is 0.376 e. The van der Waals surface area contributed by atoms with Gasteiger partial charge in [0.25, 0.3) is 0 Å². The zero-order chi connectivity index (χ0) is 15.4. The molecule has 1 aromatic carbocycles. The van der Waals surface area contributed by atoms with Crippen molar-refractivity contribution in [3.63, 3.8) is 0 Å². The maximum Gasteiger partial charge on any atom is 0.244 e. The Bertz CT molecular complexity index is 520. The molecular formula is C18H26N2O2. The van der Waals surface area contributed by atoms with Crippen LogP contribution in [0.5, 0.6) is 0 Å². The van der Waals surface area contributed by atoms with Gasteiger partial charge in [0.2, 0.25) is 5.91 Å². The summed E-state index contributed by atoms with van der Waals surface area (Å²) in [7, 11) is 0.